The zero-order valence-corrected chi connectivity index (χ0v) is 8.35. The van der Waals surface area contributed by atoms with Gasteiger partial charge in [0.1, 0.15) is 6.61 Å². The van der Waals surface area contributed by atoms with Crippen molar-refractivity contribution in [2.75, 3.05) is 20.3 Å². The number of hydrogen-bond donors (Lipinski definition) is 1. The van der Waals surface area contributed by atoms with Gasteiger partial charge < -0.3 is 10.1 Å². The molecule has 0 aliphatic rings. The minimum Gasteiger partial charge on any atom is -0.376 e. The molecule has 2 nitrogen and oxygen atoms in total. The van der Waals surface area contributed by atoms with Crippen LogP contribution >= 0.6 is 0 Å². The Balaban J connectivity index is 2.99. The fourth-order valence-electron chi connectivity index (χ4n) is 0.971. The van der Waals surface area contributed by atoms with Crippen LogP contribution in [0.5, 0.6) is 0 Å². The summed E-state index contributed by atoms with van der Waals surface area (Å²) < 4.78 is 27.9. The van der Waals surface area contributed by atoms with Gasteiger partial charge in [0.15, 0.2) is 0 Å². The highest BCUT2D eigenvalue weighted by Crippen LogP contribution is 2.01. The first-order valence-electron chi connectivity index (χ1n) is 4.70. The molecule has 0 aliphatic heterocycles. The molecule has 0 radical (unpaired) electrons. The Bertz CT molecular complexity index is 112. The number of ether oxygens (including phenoxy) is 1. The van der Waals surface area contributed by atoms with Gasteiger partial charge in [0, 0.05) is 12.6 Å². The van der Waals surface area contributed by atoms with Crippen molar-refractivity contribution in [3.63, 3.8) is 0 Å². The number of halogens is 2. The lowest BCUT2D eigenvalue weighted by molar-refractivity contribution is 0.0161. The number of unbranched alkanes of at least 4 members (excludes halogenated alkanes) is 1. The highest BCUT2D eigenvalue weighted by Gasteiger charge is 2.01. The van der Waals surface area contributed by atoms with Gasteiger partial charge in [0.25, 0.3) is 6.43 Å². The predicted molar refractivity (Wildman–Crippen MR) is 49.2 cm³/mol. The third-order valence-corrected chi connectivity index (χ3v) is 1.91. The maximum Gasteiger partial charge on any atom is 0.261 e. The summed E-state index contributed by atoms with van der Waals surface area (Å²) in [5.74, 6) is 0. The van der Waals surface area contributed by atoms with Gasteiger partial charge in [-0.05, 0) is 33.2 Å². The Morgan fingerprint density at radius 1 is 1.31 bits per heavy atom. The maximum absolute atomic E-state index is 11.6. The molecule has 0 heterocycles. The molecule has 13 heavy (non-hydrogen) atoms. The average molecular weight is 195 g/mol. The molecule has 0 rings (SSSR count). The van der Waals surface area contributed by atoms with Crippen LogP contribution < -0.4 is 5.32 Å². The Kier molecular flexibility index (Phi) is 8.24. The molecule has 0 saturated heterocycles. The van der Waals surface area contributed by atoms with E-state index in [9.17, 15) is 8.78 Å². The molecule has 1 N–H and O–H groups in total. The molecule has 0 saturated carbocycles. The molecule has 0 bridgehead atoms. The molecule has 0 aliphatic carbocycles. The smallest absolute Gasteiger partial charge is 0.261 e. The highest BCUT2D eigenvalue weighted by atomic mass is 19.3. The third-order valence-electron chi connectivity index (χ3n) is 1.91. The van der Waals surface area contributed by atoms with Crippen LogP contribution in [0.3, 0.4) is 0 Å². The molecular formula is C9H19F2NO. The fraction of sp³-hybridized carbons (Fsp3) is 1.00. The molecule has 4 heteroatoms. The van der Waals surface area contributed by atoms with Crippen LogP contribution in [0.2, 0.25) is 0 Å². The van der Waals surface area contributed by atoms with Gasteiger partial charge in [0.2, 0.25) is 0 Å². The summed E-state index contributed by atoms with van der Waals surface area (Å²) in [6, 6.07) is 0.495. The quantitative estimate of drug-likeness (QED) is 0.598. The minimum atomic E-state index is -2.34. The average Bonchev–Trinajstić information content (AvgIpc) is 2.10. The van der Waals surface area contributed by atoms with Crippen molar-refractivity contribution in [3.05, 3.63) is 0 Å². The Morgan fingerprint density at radius 3 is 2.54 bits per heavy atom. The Labute approximate surface area is 78.7 Å². The van der Waals surface area contributed by atoms with Gasteiger partial charge in [-0.1, -0.05) is 0 Å². The lowest BCUT2D eigenvalue weighted by Crippen LogP contribution is -2.20. The topological polar surface area (TPSA) is 21.3 Å². The molecular weight excluding hydrogens is 176 g/mol. The lowest BCUT2D eigenvalue weighted by Gasteiger charge is -2.09. The summed E-state index contributed by atoms with van der Waals surface area (Å²) in [5.41, 5.74) is 0. The van der Waals surface area contributed by atoms with E-state index in [1.54, 1.807) is 0 Å². The molecule has 0 aromatic heterocycles. The predicted octanol–water partition coefficient (Wildman–Crippen LogP) is 2.05. The summed E-state index contributed by atoms with van der Waals surface area (Å²) >= 11 is 0. The minimum absolute atomic E-state index is 0.429. The van der Waals surface area contributed by atoms with Gasteiger partial charge in [-0.2, -0.15) is 0 Å². The largest absolute Gasteiger partial charge is 0.376 e. The van der Waals surface area contributed by atoms with Crippen molar-refractivity contribution in [2.45, 2.75) is 38.7 Å². The number of hydrogen-bond acceptors (Lipinski definition) is 2. The van der Waals surface area contributed by atoms with E-state index in [4.69, 9.17) is 4.74 Å². The fourth-order valence-corrected chi connectivity index (χ4v) is 0.971. The second-order valence-corrected chi connectivity index (χ2v) is 3.15. The monoisotopic (exact) mass is 195 g/mol. The van der Waals surface area contributed by atoms with Crippen molar-refractivity contribution in [1.82, 2.24) is 5.32 Å². The van der Waals surface area contributed by atoms with Crippen molar-refractivity contribution < 1.29 is 13.5 Å². The SMILES string of the molecule is CNC(C)CCCCOCC(F)F. The number of nitrogens with one attached hydrogen (secondary N) is 1. The number of alkyl halides is 2. The van der Waals surface area contributed by atoms with Crippen molar-refractivity contribution in [2.24, 2.45) is 0 Å². The summed E-state index contributed by atoms with van der Waals surface area (Å²) in [6.07, 6.45) is 0.606. The van der Waals surface area contributed by atoms with Crippen LogP contribution in [-0.4, -0.2) is 32.7 Å². The molecule has 80 valence electrons. The van der Waals surface area contributed by atoms with E-state index in [2.05, 4.69) is 12.2 Å². The zero-order valence-electron chi connectivity index (χ0n) is 8.35. The van der Waals surface area contributed by atoms with Crippen LogP contribution in [0.1, 0.15) is 26.2 Å². The van der Waals surface area contributed by atoms with Crippen molar-refractivity contribution >= 4 is 0 Å². The van der Waals surface area contributed by atoms with E-state index in [0.29, 0.717) is 12.6 Å². The van der Waals surface area contributed by atoms with Gasteiger partial charge in [0.05, 0.1) is 0 Å². The van der Waals surface area contributed by atoms with E-state index < -0.39 is 13.0 Å². The van der Waals surface area contributed by atoms with Crippen LogP contribution in [0.15, 0.2) is 0 Å². The number of rotatable bonds is 8. The third kappa shape index (κ3) is 9.70. The van der Waals surface area contributed by atoms with E-state index in [1.807, 2.05) is 7.05 Å². The second kappa shape index (κ2) is 8.38. The first-order chi connectivity index (χ1) is 6.16. The van der Waals surface area contributed by atoms with Gasteiger partial charge >= 0.3 is 0 Å². The second-order valence-electron chi connectivity index (χ2n) is 3.15. The summed E-state index contributed by atoms with van der Waals surface area (Å²) in [5, 5.41) is 3.11. The molecule has 0 spiro atoms. The van der Waals surface area contributed by atoms with Gasteiger partial charge in [-0.15, -0.1) is 0 Å². The van der Waals surface area contributed by atoms with Crippen molar-refractivity contribution in [1.29, 1.82) is 0 Å². The van der Waals surface area contributed by atoms with Crippen LogP contribution in [0.4, 0.5) is 8.78 Å². The van der Waals surface area contributed by atoms with E-state index in [1.165, 1.54) is 0 Å². The maximum atomic E-state index is 11.6. The summed E-state index contributed by atoms with van der Waals surface area (Å²) in [6.45, 7) is 2.11. The molecule has 0 amide bonds. The van der Waals surface area contributed by atoms with Crippen LogP contribution in [0, 0.1) is 0 Å². The molecule has 0 aromatic carbocycles. The molecule has 0 aromatic rings. The van der Waals surface area contributed by atoms with E-state index in [-0.39, 0.29) is 0 Å². The molecule has 1 atom stereocenters. The summed E-state index contributed by atoms with van der Waals surface area (Å²) in [4.78, 5) is 0. The lowest BCUT2D eigenvalue weighted by atomic mass is 10.1. The Morgan fingerprint density at radius 2 is 2.00 bits per heavy atom. The summed E-state index contributed by atoms with van der Waals surface area (Å²) in [7, 11) is 1.91. The van der Waals surface area contributed by atoms with Gasteiger partial charge in [-0.3, -0.25) is 0 Å². The highest BCUT2D eigenvalue weighted by molar-refractivity contribution is 4.56. The standard InChI is InChI=1S/C9H19F2NO/c1-8(12-2)5-3-4-6-13-7-9(10)11/h8-9,12H,3-7H2,1-2H3. The van der Waals surface area contributed by atoms with E-state index in [0.717, 1.165) is 19.3 Å². The molecule has 0 fully saturated rings. The first kappa shape index (κ1) is 12.8. The van der Waals surface area contributed by atoms with Gasteiger partial charge in [-0.25, -0.2) is 8.78 Å². The van der Waals surface area contributed by atoms with Crippen LogP contribution in [0.25, 0.3) is 0 Å². The first-order valence-corrected chi connectivity index (χ1v) is 4.70. The Hall–Kier alpha value is -0.220. The van der Waals surface area contributed by atoms with Crippen LogP contribution in [-0.2, 0) is 4.74 Å². The molecule has 1 unspecified atom stereocenters. The van der Waals surface area contributed by atoms with Crippen molar-refractivity contribution in [3.8, 4) is 0 Å². The van der Waals surface area contributed by atoms with E-state index >= 15 is 0 Å². The normalized spacial score (nSPS) is 13.6. The zero-order chi connectivity index (χ0) is 10.1.